The maximum absolute atomic E-state index is 11.3. The molecule has 0 N–H and O–H groups in total. The van der Waals surface area contributed by atoms with Gasteiger partial charge in [0.15, 0.2) is 0 Å². The van der Waals surface area contributed by atoms with Gasteiger partial charge in [-0.3, -0.25) is 9.48 Å². The first kappa shape index (κ1) is 13.2. The van der Waals surface area contributed by atoms with Crippen molar-refractivity contribution < 1.29 is 9.53 Å². The molecular formula is C13H16N4O2. The fourth-order valence-corrected chi connectivity index (χ4v) is 1.79. The fraction of sp³-hybridized carbons (Fsp3) is 0.385. The number of carbonyl (C=O) groups is 1. The van der Waals surface area contributed by atoms with E-state index in [2.05, 4.69) is 15.1 Å². The number of rotatable bonds is 5. The highest BCUT2D eigenvalue weighted by molar-refractivity contribution is 5.69. The third kappa shape index (κ3) is 3.37. The molecule has 2 rings (SSSR count). The summed E-state index contributed by atoms with van der Waals surface area (Å²) in [4.78, 5) is 19.4. The molecule has 0 spiro atoms. The second-order valence-corrected chi connectivity index (χ2v) is 4.04. The third-order valence-electron chi connectivity index (χ3n) is 2.67. The molecule has 0 fully saturated rings. The molecule has 6 heteroatoms. The molecule has 2 heterocycles. The average Bonchev–Trinajstić information content (AvgIpc) is 2.79. The van der Waals surface area contributed by atoms with Crippen molar-refractivity contribution in [2.24, 2.45) is 7.05 Å². The van der Waals surface area contributed by atoms with Crippen LogP contribution in [0.25, 0.3) is 11.4 Å². The van der Waals surface area contributed by atoms with E-state index in [1.165, 1.54) is 6.33 Å². The van der Waals surface area contributed by atoms with E-state index < -0.39 is 0 Å². The number of nitrogens with zero attached hydrogens (tertiary/aromatic N) is 4. The highest BCUT2D eigenvalue weighted by atomic mass is 16.5. The van der Waals surface area contributed by atoms with Crippen LogP contribution >= 0.6 is 0 Å². The Bertz CT molecular complexity index is 551. The molecule has 0 amide bonds. The molecule has 0 aromatic carbocycles. The zero-order valence-electron chi connectivity index (χ0n) is 11.0. The molecular weight excluding hydrogens is 244 g/mol. The normalized spacial score (nSPS) is 10.4. The number of hydrogen-bond donors (Lipinski definition) is 0. The lowest BCUT2D eigenvalue weighted by Crippen LogP contribution is -2.05. The van der Waals surface area contributed by atoms with Crippen LogP contribution in [0.1, 0.15) is 19.0 Å². The lowest BCUT2D eigenvalue weighted by atomic mass is 10.2. The van der Waals surface area contributed by atoms with Gasteiger partial charge in [0.1, 0.15) is 6.33 Å². The maximum Gasteiger partial charge on any atom is 0.306 e. The molecule has 100 valence electrons. The largest absolute Gasteiger partial charge is 0.466 e. The van der Waals surface area contributed by atoms with Crippen LogP contribution in [0.3, 0.4) is 0 Å². The summed E-state index contributed by atoms with van der Waals surface area (Å²) in [7, 11) is 1.85. The van der Waals surface area contributed by atoms with Crippen LogP contribution in [0.5, 0.6) is 0 Å². The Labute approximate surface area is 111 Å². The van der Waals surface area contributed by atoms with Crippen LogP contribution in [-0.4, -0.2) is 32.3 Å². The maximum atomic E-state index is 11.3. The Hall–Kier alpha value is -2.24. The summed E-state index contributed by atoms with van der Waals surface area (Å²) >= 11 is 0. The van der Waals surface area contributed by atoms with Gasteiger partial charge in [0.05, 0.1) is 30.1 Å². The van der Waals surface area contributed by atoms with Crippen LogP contribution < -0.4 is 0 Å². The van der Waals surface area contributed by atoms with Crippen molar-refractivity contribution in [1.29, 1.82) is 0 Å². The summed E-state index contributed by atoms with van der Waals surface area (Å²) in [5.41, 5.74) is 2.57. The van der Waals surface area contributed by atoms with E-state index in [1.807, 2.05) is 19.2 Å². The van der Waals surface area contributed by atoms with E-state index in [1.54, 1.807) is 17.8 Å². The molecule has 0 saturated carbocycles. The SMILES string of the molecule is CCOC(=O)CCc1cc(-c2ccncn2)n(C)n1. The minimum atomic E-state index is -0.197. The van der Waals surface area contributed by atoms with Gasteiger partial charge in [-0.15, -0.1) is 0 Å². The predicted octanol–water partition coefficient (Wildman–Crippen LogP) is 1.37. The molecule has 0 unspecified atom stereocenters. The number of carbonyl (C=O) groups excluding carboxylic acids is 1. The third-order valence-corrected chi connectivity index (χ3v) is 2.67. The van der Waals surface area contributed by atoms with E-state index >= 15 is 0 Å². The van der Waals surface area contributed by atoms with Gasteiger partial charge in [0.2, 0.25) is 0 Å². The summed E-state index contributed by atoms with van der Waals surface area (Å²) in [5, 5.41) is 4.37. The van der Waals surface area contributed by atoms with E-state index in [0.29, 0.717) is 19.4 Å². The topological polar surface area (TPSA) is 69.9 Å². The molecule has 6 nitrogen and oxygen atoms in total. The molecule has 0 aliphatic heterocycles. The minimum absolute atomic E-state index is 0.197. The minimum Gasteiger partial charge on any atom is -0.466 e. The van der Waals surface area contributed by atoms with Gasteiger partial charge >= 0.3 is 5.97 Å². The first-order valence-electron chi connectivity index (χ1n) is 6.15. The Kier molecular flexibility index (Phi) is 4.22. The fourth-order valence-electron chi connectivity index (χ4n) is 1.79. The molecule has 0 bridgehead atoms. The van der Waals surface area contributed by atoms with Crippen molar-refractivity contribution >= 4 is 5.97 Å². The summed E-state index contributed by atoms with van der Waals surface area (Å²) in [6.07, 6.45) is 4.10. The number of ether oxygens (including phenoxy) is 1. The van der Waals surface area contributed by atoms with Crippen LogP contribution in [0.2, 0.25) is 0 Å². The summed E-state index contributed by atoms with van der Waals surface area (Å²) < 4.78 is 6.64. The van der Waals surface area contributed by atoms with Gasteiger partial charge in [0, 0.05) is 19.7 Å². The first-order valence-corrected chi connectivity index (χ1v) is 6.15. The van der Waals surface area contributed by atoms with Crippen molar-refractivity contribution in [2.45, 2.75) is 19.8 Å². The summed E-state index contributed by atoms with van der Waals surface area (Å²) in [5.74, 6) is -0.197. The molecule has 0 atom stereocenters. The smallest absolute Gasteiger partial charge is 0.306 e. The molecule has 2 aromatic rings. The molecule has 2 aromatic heterocycles. The average molecular weight is 260 g/mol. The summed E-state index contributed by atoms with van der Waals surface area (Å²) in [6, 6.07) is 3.76. The molecule has 0 aliphatic rings. The molecule has 0 radical (unpaired) electrons. The Morgan fingerprint density at radius 3 is 3.00 bits per heavy atom. The Balaban J connectivity index is 2.07. The quantitative estimate of drug-likeness (QED) is 0.759. The second kappa shape index (κ2) is 6.08. The first-order chi connectivity index (χ1) is 9.20. The monoisotopic (exact) mass is 260 g/mol. The van der Waals surface area contributed by atoms with Crippen LogP contribution in [0.15, 0.2) is 24.7 Å². The Morgan fingerprint density at radius 2 is 2.32 bits per heavy atom. The number of hydrogen-bond acceptors (Lipinski definition) is 5. The van der Waals surface area contributed by atoms with Crippen LogP contribution in [-0.2, 0) is 23.0 Å². The van der Waals surface area contributed by atoms with Gasteiger partial charge in [-0.25, -0.2) is 9.97 Å². The van der Waals surface area contributed by atoms with Crippen molar-refractivity contribution in [3.8, 4) is 11.4 Å². The molecule has 19 heavy (non-hydrogen) atoms. The zero-order valence-corrected chi connectivity index (χ0v) is 11.0. The van der Waals surface area contributed by atoms with E-state index in [0.717, 1.165) is 17.1 Å². The van der Waals surface area contributed by atoms with Crippen LogP contribution in [0, 0.1) is 0 Å². The number of esters is 1. The molecule has 0 saturated heterocycles. The van der Waals surface area contributed by atoms with E-state index in [-0.39, 0.29) is 5.97 Å². The Morgan fingerprint density at radius 1 is 1.47 bits per heavy atom. The van der Waals surface area contributed by atoms with Gasteiger partial charge < -0.3 is 4.74 Å². The molecule has 0 aliphatic carbocycles. The zero-order chi connectivity index (χ0) is 13.7. The van der Waals surface area contributed by atoms with Crippen LogP contribution in [0.4, 0.5) is 0 Å². The highest BCUT2D eigenvalue weighted by Gasteiger charge is 2.10. The second-order valence-electron chi connectivity index (χ2n) is 4.04. The van der Waals surface area contributed by atoms with E-state index in [9.17, 15) is 4.79 Å². The van der Waals surface area contributed by atoms with Gasteiger partial charge in [0.25, 0.3) is 0 Å². The van der Waals surface area contributed by atoms with Gasteiger partial charge in [-0.05, 0) is 19.1 Å². The van der Waals surface area contributed by atoms with Crippen molar-refractivity contribution in [2.75, 3.05) is 6.61 Å². The summed E-state index contributed by atoms with van der Waals surface area (Å²) in [6.45, 7) is 2.21. The van der Waals surface area contributed by atoms with Gasteiger partial charge in [-0.2, -0.15) is 5.10 Å². The lowest BCUT2D eigenvalue weighted by Gasteiger charge is -1.98. The number of aryl methyl sites for hydroxylation is 2. The standard InChI is InChI=1S/C13H16N4O2/c1-3-19-13(18)5-4-10-8-12(17(2)16-10)11-6-7-14-9-15-11/h6-9H,3-5H2,1-2H3. The predicted molar refractivity (Wildman–Crippen MR) is 69.2 cm³/mol. The number of aromatic nitrogens is 4. The van der Waals surface area contributed by atoms with E-state index in [4.69, 9.17) is 4.74 Å². The lowest BCUT2D eigenvalue weighted by molar-refractivity contribution is -0.143. The van der Waals surface area contributed by atoms with Crippen molar-refractivity contribution in [3.63, 3.8) is 0 Å². The van der Waals surface area contributed by atoms with Crippen molar-refractivity contribution in [1.82, 2.24) is 19.7 Å². The highest BCUT2D eigenvalue weighted by Crippen LogP contribution is 2.17. The van der Waals surface area contributed by atoms with Crippen molar-refractivity contribution in [3.05, 3.63) is 30.4 Å². The van der Waals surface area contributed by atoms with Gasteiger partial charge in [-0.1, -0.05) is 0 Å².